The maximum absolute atomic E-state index is 4.50. The third kappa shape index (κ3) is 3.71. The number of para-hydroxylation sites is 1. The zero-order valence-corrected chi connectivity index (χ0v) is 14.4. The van der Waals surface area contributed by atoms with Crippen molar-refractivity contribution in [3.63, 3.8) is 0 Å². The molecule has 3 rings (SSSR count). The first-order chi connectivity index (χ1) is 11.2. The van der Waals surface area contributed by atoms with E-state index in [0.29, 0.717) is 6.54 Å². The number of aromatic amines is 1. The molecule has 2 N–H and O–H groups in total. The van der Waals surface area contributed by atoms with Gasteiger partial charge in [0, 0.05) is 30.7 Å². The van der Waals surface area contributed by atoms with Crippen LogP contribution in [0.1, 0.15) is 16.4 Å². The van der Waals surface area contributed by atoms with Gasteiger partial charge < -0.3 is 15.2 Å². The summed E-state index contributed by atoms with van der Waals surface area (Å²) in [6, 6.07) is 10.5. The Kier molecular flexibility index (Phi) is 4.62. The maximum Gasteiger partial charge on any atom is 0.194 e. The second-order valence-electron chi connectivity index (χ2n) is 5.50. The van der Waals surface area contributed by atoms with Gasteiger partial charge in [0.15, 0.2) is 5.96 Å². The monoisotopic (exact) mass is 327 g/mol. The number of rotatable bonds is 4. The SMILES string of the molecule is CN=C(NCc1cc2ccccc2[nH]1)N(C)Cc1csc(C)n1. The summed E-state index contributed by atoms with van der Waals surface area (Å²) >= 11 is 1.68. The van der Waals surface area contributed by atoms with E-state index in [4.69, 9.17) is 0 Å². The largest absolute Gasteiger partial charge is 0.357 e. The van der Waals surface area contributed by atoms with Crippen molar-refractivity contribution in [1.29, 1.82) is 0 Å². The lowest BCUT2D eigenvalue weighted by Gasteiger charge is -2.20. The average molecular weight is 327 g/mol. The average Bonchev–Trinajstić information content (AvgIpc) is 3.13. The minimum Gasteiger partial charge on any atom is -0.357 e. The minimum absolute atomic E-state index is 0.710. The number of hydrogen-bond acceptors (Lipinski definition) is 3. The number of guanidine groups is 1. The first-order valence-electron chi connectivity index (χ1n) is 7.55. The van der Waals surface area contributed by atoms with Gasteiger partial charge in [-0.05, 0) is 24.4 Å². The Bertz CT molecular complexity index is 784. The molecule has 0 saturated carbocycles. The number of fused-ring (bicyclic) bond motifs is 1. The number of nitrogens with zero attached hydrogens (tertiary/aromatic N) is 3. The van der Waals surface area contributed by atoms with Crippen LogP contribution in [0.15, 0.2) is 40.7 Å². The summed E-state index contributed by atoms with van der Waals surface area (Å²) in [6.07, 6.45) is 0. The second kappa shape index (κ2) is 6.83. The van der Waals surface area contributed by atoms with E-state index in [1.807, 2.05) is 20.0 Å². The van der Waals surface area contributed by atoms with Crippen molar-refractivity contribution < 1.29 is 0 Å². The molecule has 0 fully saturated rings. The first-order valence-corrected chi connectivity index (χ1v) is 8.43. The Labute approximate surface area is 140 Å². The van der Waals surface area contributed by atoms with E-state index < -0.39 is 0 Å². The van der Waals surface area contributed by atoms with Gasteiger partial charge in [0.05, 0.1) is 23.8 Å². The Morgan fingerprint density at radius 1 is 1.39 bits per heavy atom. The van der Waals surface area contributed by atoms with Gasteiger partial charge in [-0.3, -0.25) is 4.99 Å². The highest BCUT2D eigenvalue weighted by Crippen LogP contribution is 2.14. The maximum atomic E-state index is 4.50. The molecule has 120 valence electrons. The van der Waals surface area contributed by atoms with E-state index >= 15 is 0 Å². The zero-order chi connectivity index (χ0) is 16.2. The Balaban J connectivity index is 1.62. The summed E-state index contributed by atoms with van der Waals surface area (Å²) < 4.78 is 0. The van der Waals surface area contributed by atoms with Crippen LogP contribution >= 0.6 is 11.3 Å². The molecule has 3 aromatic rings. The van der Waals surface area contributed by atoms with Gasteiger partial charge >= 0.3 is 0 Å². The highest BCUT2D eigenvalue weighted by atomic mass is 32.1. The summed E-state index contributed by atoms with van der Waals surface area (Å²) in [6.45, 7) is 3.48. The number of hydrogen-bond donors (Lipinski definition) is 2. The van der Waals surface area contributed by atoms with Gasteiger partial charge in [-0.15, -0.1) is 11.3 Å². The molecule has 0 amide bonds. The van der Waals surface area contributed by atoms with Gasteiger partial charge in [0.2, 0.25) is 0 Å². The van der Waals surface area contributed by atoms with Crippen molar-refractivity contribution in [3.05, 3.63) is 52.1 Å². The third-order valence-corrected chi connectivity index (χ3v) is 4.48. The Hall–Kier alpha value is -2.34. The molecule has 0 unspecified atom stereocenters. The summed E-state index contributed by atoms with van der Waals surface area (Å²) in [5.74, 6) is 0.856. The van der Waals surface area contributed by atoms with Crippen LogP contribution in [0.4, 0.5) is 0 Å². The number of benzene rings is 1. The molecule has 0 saturated heterocycles. The topological polar surface area (TPSA) is 56.3 Å². The number of nitrogens with one attached hydrogen (secondary N) is 2. The molecule has 0 bridgehead atoms. The van der Waals surface area contributed by atoms with Crippen molar-refractivity contribution >= 4 is 28.2 Å². The lowest BCUT2D eigenvalue weighted by molar-refractivity contribution is 0.470. The number of H-pyrrole nitrogens is 1. The van der Waals surface area contributed by atoms with Crippen LogP contribution in [0.25, 0.3) is 10.9 Å². The molecule has 5 nitrogen and oxygen atoms in total. The zero-order valence-electron chi connectivity index (χ0n) is 13.6. The van der Waals surface area contributed by atoms with Crippen molar-refractivity contribution in [1.82, 2.24) is 20.2 Å². The van der Waals surface area contributed by atoms with Crippen LogP contribution in [0.2, 0.25) is 0 Å². The van der Waals surface area contributed by atoms with E-state index in [0.717, 1.165) is 34.4 Å². The van der Waals surface area contributed by atoms with Crippen molar-refractivity contribution in [3.8, 4) is 0 Å². The molecule has 0 aliphatic heterocycles. The predicted molar refractivity (Wildman–Crippen MR) is 96.8 cm³/mol. The summed E-state index contributed by atoms with van der Waals surface area (Å²) in [5.41, 5.74) is 3.37. The van der Waals surface area contributed by atoms with Crippen LogP contribution in [0, 0.1) is 6.92 Å². The summed E-state index contributed by atoms with van der Waals surface area (Å²) in [5, 5.41) is 7.81. The lowest BCUT2D eigenvalue weighted by atomic mass is 10.2. The number of aromatic nitrogens is 2. The normalized spacial score (nSPS) is 11.9. The molecule has 0 radical (unpaired) electrons. The number of aliphatic imine (C=N–C) groups is 1. The van der Waals surface area contributed by atoms with Crippen molar-refractivity contribution in [2.24, 2.45) is 4.99 Å². The fraction of sp³-hybridized carbons (Fsp3) is 0.294. The molecule has 2 aromatic heterocycles. The van der Waals surface area contributed by atoms with E-state index in [1.165, 1.54) is 5.39 Å². The lowest BCUT2D eigenvalue weighted by Crippen LogP contribution is -2.38. The second-order valence-corrected chi connectivity index (χ2v) is 6.56. The molecule has 0 atom stereocenters. The molecule has 0 aliphatic carbocycles. The minimum atomic E-state index is 0.710. The molecular weight excluding hydrogens is 306 g/mol. The van der Waals surface area contributed by atoms with Crippen LogP contribution in [-0.2, 0) is 13.1 Å². The highest BCUT2D eigenvalue weighted by molar-refractivity contribution is 7.09. The van der Waals surface area contributed by atoms with Gasteiger partial charge in [-0.1, -0.05) is 18.2 Å². The van der Waals surface area contributed by atoms with Crippen LogP contribution in [-0.4, -0.2) is 34.9 Å². The van der Waals surface area contributed by atoms with Crippen LogP contribution in [0.5, 0.6) is 0 Å². The molecule has 2 heterocycles. The molecule has 1 aromatic carbocycles. The fourth-order valence-corrected chi connectivity index (χ4v) is 3.19. The van der Waals surface area contributed by atoms with Gasteiger partial charge in [-0.2, -0.15) is 0 Å². The van der Waals surface area contributed by atoms with Gasteiger partial charge in [0.1, 0.15) is 0 Å². The number of aryl methyl sites for hydroxylation is 1. The fourth-order valence-electron chi connectivity index (χ4n) is 2.59. The molecular formula is C17H21N5S. The van der Waals surface area contributed by atoms with E-state index in [9.17, 15) is 0 Å². The standard InChI is InChI=1S/C17H21N5S/c1-12-20-15(11-23-12)10-22(3)17(18-2)19-9-14-8-13-6-4-5-7-16(13)21-14/h4-8,11,21H,9-10H2,1-3H3,(H,18,19). The molecule has 0 spiro atoms. The van der Waals surface area contributed by atoms with Crippen molar-refractivity contribution in [2.45, 2.75) is 20.0 Å². The van der Waals surface area contributed by atoms with E-state index in [1.54, 1.807) is 18.4 Å². The van der Waals surface area contributed by atoms with Crippen LogP contribution < -0.4 is 5.32 Å². The first kappa shape index (κ1) is 15.6. The van der Waals surface area contributed by atoms with Crippen LogP contribution in [0.3, 0.4) is 0 Å². The summed E-state index contributed by atoms with van der Waals surface area (Å²) in [4.78, 5) is 14.4. The van der Waals surface area contributed by atoms with Crippen molar-refractivity contribution in [2.75, 3.05) is 14.1 Å². The van der Waals surface area contributed by atoms with E-state index in [2.05, 4.69) is 54.8 Å². The summed E-state index contributed by atoms with van der Waals surface area (Å²) in [7, 11) is 3.82. The number of thiazole rings is 1. The highest BCUT2D eigenvalue weighted by Gasteiger charge is 2.09. The van der Waals surface area contributed by atoms with E-state index in [-0.39, 0.29) is 0 Å². The smallest absolute Gasteiger partial charge is 0.194 e. The molecule has 23 heavy (non-hydrogen) atoms. The van der Waals surface area contributed by atoms with Gasteiger partial charge in [-0.25, -0.2) is 4.98 Å². The Morgan fingerprint density at radius 3 is 2.91 bits per heavy atom. The quantitative estimate of drug-likeness (QED) is 0.572. The third-order valence-electron chi connectivity index (χ3n) is 3.66. The predicted octanol–water partition coefficient (Wildman–Crippen LogP) is 3.14. The molecule has 6 heteroatoms. The molecule has 0 aliphatic rings. The Morgan fingerprint density at radius 2 is 2.22 bits per heavy atom. The van der Waals surface area contributed by atoms with Gasteiger partial charge in [0.25, 0.3) is 0 Å².